The number of hydrogen-bond donors (Lipinski definition) is 0. The van der Waals surface area contributed by atoms with Crippen molar-refractivity contribution < 1.29 is 14.3 Å². The second kappa shape index (κ2) is 9.87. The minimum Gasteiger partial charge on any atom is -0.496 e. The number of benzene rings is 2. The molecule has 0 saturated heterocycles. The molecule has 2 rings (SSSR count). The quantitative estimate of drug-likeness (QED) is 0.607. The second-order valence-electron chi connectivity index (χ2n) is 6.27. The smallest absolute Gasteiger partial charge is 0.305 e. The molecule has 0 fully saturated rings. The predicted octanol–water partition coefficient (Wildman–Crippen LogP) is 4.93. The molecule has 2 aromatic carbocycles. The van der Waals surface area contributed by atoms with Crippen LogP contribution in [-0.4, -0.2) is 19.7 Å². The van der Waals surface area contributed by atoms with Crippen LogP contribution in [0.1, 0.15) is 49.3 Å². The minimum atomic E-state index is -0.121. The van der Waals surface area contributed by atoms with E-state index in [1.807, 2.05) is 25.1 Å². The van der Waals surface area contributed by atoms with Crippen LogP contribution in [-0.2, 0) is 22.4 Å². The molecule has 1 unspecified atom stereocenters. The zero-order valence-corrected chi connectivity index (χ0v) is 15.5. The van der Waals surface area contributed by atoms with Crippen LogP contribution in [0, 0.1) is 0 Å². The lowest BCUT2D eigenvalue weighted by atomic mass is 9.89. The van der Waals surface area contributed by atoms with E-state index in [0.29, 0.717) is 18.9 Å². The Balaban J connectivity index is 2.11. The molecular formula is C22H28O3. The summed E-state index contributed by atoms with van der Waals surface area (Å²) in [7, 11) is 1.72. The SMILES string of the molecule is CCOC(=O)CCCc1cccc(OC)c1CC(C)c1ccccc1. The first kappa shape index (κ1) is 19.0. The van der Waals surface area contributed by atoms with Crippen molar-refractivity contribution in [2.24, 2.45) is 0 Å². The van der Waals surface area contributed by atoms with Crippen LogP contribution < -0.4 is 4.74 Å². The highest BCUT2D eigenvalue weighted by Crippen LogP contribution is 2.30. The number of aryl methyl sites for hydroxylation is 1. The van der Waals surface area contributed by atoms with E-state index in [0.717, 1.165) is 25.0 Å². The van der Waals surface area contributed by atoms with Gasteiger partial charge in [0, 0.05) is 6.42 Å². The van der Waals surface area contributed by atoms with E-state index in [9.17, 15) is 4.79 Å². The summed E-state index contributed by atoms with van der Waals surface area (Å²) in [5, 5.41) is 0. The number of esters is 1. The van der Waals surface area contributed by atoms with Crippen molar-refractivity contribution in [2.75, 3.05) is 13.7 Å². The molecule has 0 radical (unpaired) electrons. The summed E-state index contributed by atoms with van der Waals surface area (Å²) in [6.07, 6.45) is 3.02. The average molecular weight is 340 g/mol. The number of hydrogen-bond acceptors (Lipinski definition) is 3. The zero-order chi connectivity index (χ0) is 18.1. The number of methoxy groups -OCH3 is 1. The van der Waals surface area contributed by atoms with Crippen LogP contribution in [0.15, 0.2) is 48.5 Å². The van der Waals surface area contributed by atoms with Crippen LogP contribution >= 0.6 is 0 Å². The van der Waals surface area contributed by atoms with E-state index in [1.54, 1.807) is 7.11 Å². The molecule has 2 aromatic rings. The van der Waals surface area contributed by atoms with Crippen LogP contribution in [0.2, 0.25) is 0 Å². The van der Waals surface area contributed by atoms with Gasteiger partial charge in [-0.15, -0.1) is 0 Å². The molecular weight excluding hydrogens is 312 g/mol. The molecule has 3 nitrogen and oxygen atoms in total. The molecule has 0 N–H and O–H groups in total. The topological polar surface area (TPSA) is 35.5 Å². The van der Waals surface area contributed by atoms with Crippen molar-refractivity contribution >= 4 is 5.97 Å². The van der Waals surface area contributed by atoms with E-state index in [1.165, 1.54) is 16.7 Å². The van der Waals surface area contributed by atoms with Gasteiger partial charge in [-0.3, -0.25) is 4.79 Å². The third-order valence-corrected chi connectivity index (χ3v) is 4.46. The Bertz CT molecular complexity index is 664. The molecule has 25 heavy (non-hydrogen) atoms. The van der Waals surface area contributed by atoms with E-state index >= 15 is 0 Å². The lowest BCUT2D eigenvalue weighted by Crippen LogP contribution is -2.07. The Morgan fingerprint density at radius 2 is 1.84 bits per heavy atom. The van der Waals surface area contributed by atoms with Gasteiger partial charge in [-0.25, -0.2) is 0 Å². The third kappa shape index (κ3) is 5.63. The number of rotatable bonds is 9. The van der Waals surface area contributed by atoms with Crippen LogP contribution in [0.25, 0.3) is 0 Å². The zero-order valence-electron chi connectivity index (χ0n) is 15.5. The molecule has 134 valence electrons. The maximum Gasteiger partial charge on any atom is 0.305 e. The van der Waals surface area contributed by atoms with Gasteiger partial charge in [0.25, 0.3) is 0 Å². The second-order valence-corrected chi connectivity index (χ2v) is 6.27. The maximum atomic E-state index is 11.6. The van der Waals surface area contributed by atoms with Gasteiger partial charge >= 0.3 is 5.97 Å². The summed E-state index contributed by atoms with van der Waals surface area (Å²) in [6.45, 7) is 4.52. The predicted molar refractivity (Wildman–Crippen MR) is 101 cm³/mol. The molecule has 0 aliphatic heterocycles. The van der Waals surface area contributed by atoms with E-state index in [-0.39, 0.29) is 5.97 Å². The molecule has 0 spiro atoms. The van der Waals surface area contributed by atoms with Crippen molar-refractivity contribution in [3.05, 3.63) is 65.2 Å². The van der Waals surface area contributed by atoms with E-state index in [4.69, 9.17) is 9.47 Å². The van der Waals surface area contributed by atoms with Gasteiger partial charge in [-0.05, 0) is 54.9 Å². The molecule has 0 aromatic heterocycles. The summed E-state index contributed by atoms with van der Waals surface area (Å²) in [5.41, 5.74) is 3.82. The van der Waals surface area contributed by atoms with Gasteiger partial charge in [0.15, 0.2) is 0 Å². The van der Waals surface area contributed by atoms with Crippen molar-refractivity contribution in [1.29, 1.82) is 0 Å². The van der Waals surface area contributed by atoms with Crippen molar-refractivity contribution in [3.63, 3.8) is 0 Å². The first-order valence-electron chi connectivity index (χ1n) is 9.01. The van der Waals surface area contributed by atoms with Crippen LogP contribution in [0.5, 0.6) is 5.75 Å². The number of carbonyl (C=O) groups excluding carboxylic acids is 1. The van der Waals surface area contributed by atoms with Gasteiger partial charge in [0.2, 0.25) is 0 Å². The largest absolute Gasteiger partial charge is 0.496 e. The van der Waals surface area contributed by atoms with Gasteiger partial charge in [0.1, 0.15) is 5.75 Å². The van der Waals surface area contributed by atoms with Crippen LogP contribution in [0.4, 0.5) is 0 Å². The average Bonchev–Trinajstić information content (AvgIpc) is 2.63. The van der Waals surface area contributed by atoms with Crippen LogP contribution in [0.3, 0.4) is 0 Å². The monoisotopic (exact) mass is 340 g/mol. The normalized spacial score (nSPS) is 11.8. The molecule has 0 aliphatic carbocycles. The van der Waals surface area contributed by atoms with Gasteiger partial charge in [-0.1, -0.05) is 49.4 Å². The summed E-state index contributed by atoms with van der Waals surface area (Å²) in [4.78, 5) is 11.6. The lowest BCUT2D eigenvalue weighted by Gasteiger charge is -2.18. The highest BCUT2D eigenvalue weighted by molar-refractivity contribution is 5.69. The number of carbonyl (C=O) groups is 1. The van der Waals surface area contributed by atoms with Gasteiger partial charge in [-0.2, -0.15) is 0 Å². The summed E-state index contributed by atoms with van der Waals surface area (Å²) >= 11 is 0. The molecule has 1 atom stereocenters. The summed E-state index contributed by atoms with van der Waals surface area (Å²) in [5.74, 6) is 1.21. The molecule has 0 heterocycles. The highest BCUT2D eigenvalue weighted by atomic mass is 16.5. The Morgan fingerprint density at radius 3 is 2.52 bits per heavy atom. The first-order chi connectivity index (χ1) is 12.2. The first-order valence-corrected chi connectivity index (χ1v) is 9.01. The Kier molecular flexibility index (Phi) is 7.52. The maximum absolute atomic E-state index is 11.6. The van der Waals surface area contributed by atoms with E-state index in [2.05, 4.69) is 37.3 Å². The Labute approximate surface area is 151 Å². The molecule has 0 saturated carbocycles. The lowest BCUT2D eigenvalue weighted by molar-refractivity contribution is -0.143. The van der Waals surface area contributed by atoms with Crippen molar-refractivity contribution in [3.8, 4) is 5.75 Å². The number of ether oxygens (including phenoxy) is 2. The molecule has 3 heteroatoms. The fraction of sp³-hybridized carbons (Fsp3) is 0.409. The molecule has 0 amide bonds. The fourth-order valence-corrected chi connectivity index (χ4v) is 3.13. The highest BCUT2D eigenvalue weighted by Gasteiger charge is 2.14. The molecule has 0 aliphatic rings. The van der Waals surface area contributed by atoms with Gasteiger partial charge < -0.3 is 9.47 Å². The standard InChI is InChI=1S/C22H28O3/c1-4-25-22(23)15-9-13-19-12-8-14-21(24-3)20(19)16-17(2)18-10-6-5-7-11-18/h5-8,10-12,14,17H,4,9,13,15-16H2,1-3H3. The Hall–Kier alpha value is -2.29. The minimum absolute atomic E-state index is 0.121. The van der Waals surface area contributed by atoms with Crippen molar-refractivity contribution in [1.82, 2.24) is 0 Å². The summed E-state index contributed by atoms with van der Waals surface area (Å²) < 4.78 is 10.6. The van der Waals surface area contributed by atoms with Crippen molar-refractivity contribution in [2.45, 2.75) is 45.4 Å². The molecule has 0 bridgehead atoms. The third-order valence-electron chi connectivity index (χ3n) is 4.46. The Morgan fingerprint density at radius 1 is 1.08 bits per heavy atom. The van der Waals surface area contributed by atoms with E-state index < -0.39 is 0 Å². The summed E-state index contributed by atoms with van der Waals surface area (Å²) in [6, 6.07) is 16.7. The van der Waals surface area contributed by atoms with Gasteiger partial charge in [0.05, 0.1) is 13.7 Å². The fourth-order valence-electron chi connectivity index (χ4n) is 3.13.